The van der Waals surface area contributed by atoms with Gasteiger partial charge in [0.1, 0.15) is 0 Å². The number of aliphatic carboxylic acids is 1. The van der Waals surface area contributed by atoms with Crippen molar-refractivity contribution < 1.29 is 15.0 Å². The fourth-order valence-corrected chi connectivity index (χ4v) is 1.81. The number of carbonyl (C=O) groups is 1. The first-order valence-electron chi connectivity index (χ1n) is 5.03. The molecule has 0 aliphatic rings. The van der Waals surface area contributed by atoms with Crippen LogP contribution in [0.5, 0.6) is 0 Å². The molecule has 0 unspecified atom stereocenters. The fourth-order valence-electron chi connectivity index (χ4n) is 1.81. The van der Waals surface area contributed by atoms with Crippen LogP contribution in [0.2, 0.25) is 0 Å². The van der Waals surface area contributed by atoms with E-state index in [0.717, 1.165) is 5.52 Å². The Morgan fingerprint density at radius 1 is 1.53 bits per heavy atom. The largest absolute Gasteiger partial charge is 0.479 e. The number of rotatable bonds is 3. The van der Waals surface area contributed by atoms with Crippen molar-refractivity contribution in [2.24, 2.45) is 0 Å². The molecule has 0 bridgehead atoms. The molecule has 17 heavy (non-hydrogen) atoms. The smallest absolute Gasteiger partial charge is 0.332 e. The Hall–Kier alpha value is -2.32. The number of aromatic nitrogens is 1. The number of hydrogen-bond donors (Lipinski definition) is 3. The van der Waals surface area contributed by atoms with E-state index in [1.807, 2.05) is 6.07 Å². The van der Waals surface area contributed by atoms with Crippen LogP contribution in [0, 0.1) is 11.3 Å². The van der Waals surface area contributed by atoms with Crippen LogP contribution in [0.1, 0.15) is 11.1 Å². The normalized spacial score (nSPS) is 12.2. The van der Waals surface area contributed by atoms with Crippen molar-refractivity contribution in [3.05, 3.63) is 35.5 Å². The predicted molar refractivity (Wildman–Crippen MR) is 60.4 cm³/mol. The lowest BCUT2D eigenvalue weighted by atomic mass is 10.0. The van der Waals surface area contributed by atoms with Crippen LogP contribution in [-0.2, 0) is 11.2 Å². The Morgan fingerprint density at radius 3 is 2.94 bits per heavy atom. The van der Waals surface area contributed by atoms with Crippen LogP contribution in [0.4, 0.5) is 0 Å². The Kier molecular flexibility index (Phi) is 2.81. The van der Waals surface area contributed by atoms with Gasteiger partial charge in [0.25, 0.3) is 0 Å². The summed E-state index contributed by atoms with van der Waals surface area (Å²) in [4.78, 5) is 13.5. The van der Waals surface area contributed by atoms with E-state index in [2.05, 4.69) is 4.98 Å². The van der Waals surface area contributed by atoms with Crippen LogP contribution in [0.25, 0.3) is 10.9 Å². The fraction of sp³-hybridized carbons (Fsp3) is 0.167. The molecular formula is C12H10N2O3. The lowest BCUT2D eigenvalue weighted by Gasteiger charge is -2.04. The summed E-state index contributed by atoms with van der Waals surface area (Å²) in [6, 6.07) is 7.25. The maximum atomic E-state index is 10.6. The molecule has 1 aromatic carbocycles. The quantitative estimate of drug-likeness (QED) is 0.733. The van der Waals surface area contributed by atoms with Crippen LogP contribution >= 0.6 is 0 Å². The van der Waals surface area contributed by atoms with Gasteiger partial charge in [-0.25, -0.2) is 4.79 Å². The number of aliphatic hydroxyl groups excluding tert-OH is 1. The zero-order valence-corrected chi connectivity index (χ0v) is 8.84. The molecule has 0 radical (unpaired) electrons. The van der Waals surface area contributed by atoms with Gasteiger partial charge >= 0.3 is 5.97 Å². The van der Waals surface area contributed by atoms with Crippen molar-refractivity contribution in [1.82, 2.24) is 4.98 Å². The molecule has 0 aliphatic carbocycles. The van der Waals surface area contributed by atoms with Crippen molar-refractivity contribution in [1.29, 1.82) is 5.26 Å². The summed E-state index contributed by atoms with van der Waals surface area (Å²) < 4.78 is 0. The van der Waals surface area contributed by atoms with Gasteiger partial charge < -0.3 is 15.2 Å². The second-order valence-corrected chi connectivity index (χ2v) is 3.71. The number of carboxylic acid groups (broad SMARTS) is 1. The Bertz CT molecular complexity index is 610. The van der Waals surface area contributed by atoms with Crippen LogP contribution in [0.3, 0.4) is 0 Å². The number of benzene rings is 1. The summed E-state index contributed by atoms with van der Waals surface area (Å²) in [7, 11) is 0. The van der Waals surface area contributed by atoms with E-state index in [-0.39, 0.29) is 6.42 Å². The highest BCUT2D eigenvalue weighted by atomic mass is 16.4. The summed E-state index contributed by atoms with van der Waals surface area (Å²) >= 11 is 0. The molecule has 2 rings (SSSR count). The highest BCUT2D eigenvalue weighted by Gasteiger charge is 2.17. The number of nitrogens with zero attached hydrogens (tertiary/aromatic N) is 1. The first-order chi connectivity index (χ1) is 8.13. The average molecular weight is 230 g/mol. The average Bonchev–Trinajstić information content (AvgIpc) is 2.72. The van der Waals surface area contributed by atoms with Gasteiger partial charge in [0, 0.05) is 23.5 Å². The first-order valence-corrected chi connectivity index (χ1v) is 5.03. The number of nitrogens with one attached hydrogen (secondary N) is 1. The maximum absolute atomic E-state index is 10.6. The predicted octanol–water partition coefficient (Wildman–Crippen LogP) is 1.03. The molecule has 2 aromatic rings. The number of aromatic amines is 1. The van der Waals surface area contributed by atoms with E-state index in [1.165, 1.54) is 0 Å². The van der Waals surface area contributed by atoms with Crippen molar-refractivity contribution in [2.75, 3.05) is 0 Å². The van der Waals surface area contributed by atoms with Gasteiger partial charge in [-0.15, -0.1) is 0 Å². The molecule has 0 amide bonds. The molecular weight excluding hydrogens is 220 g/mol. The monoisotopic (exact) mass is 230 g/mol. The van der Waals surface area contributed by atoms with Crippen LogP contribution in [-0.4, -0.2) is 27.3 Å². The van der Waals surface area contributed by atoms with Crippen molar-refractivity contribution in [3.63, 3.8) is 0 Å². The van der Waals surface area contributed by atoms with E-state index in [9.17, 15) is 9.90 Å². The minimum Gasteiger partial charge on any atom is -0.479 e. The molecule has 1 atom stereocenters. The van der Waals surface area contributed by atoms with Gasteiger partial charge in [0.15, 0.2) is 6.10 Å². The second kappa shape index (κ2) is 4.28. The van der Waals surface area contributed by atoms with E-state index in [0.29, 0.717) is 16.5 Å². The third-order valence-electron chi connectivity index (χ3n) is 2.61. The lowest BCUT2D eigenvalue weighted by Crippen LogP contribution is -2.21. The number of nitriles is 1. The van der Waals surface area contributed by atoms with Gasteiger partial charge in [-0.3, -0.25) is 0 Å². The number of hydrogen-bond acceptors (Lipinski definition) is 3. The molecule has 0 fully saturated rings. The summed E-state index contributed by atoms with van der Waals surface area (Å²) in [6.07, 6.45) is 0.145. The Balaban J connectivity index is 2.49. The first kappa shape index (κ1) is 11.2. The molecule has 86 valence electrons. The SMILES string of the molecule is N#Cc1cccc2[nH]cc(C[C@H](O)C(=O)O)c12. The van der Waals surface area contributed by atoms with E-state index < -0.39 is 12.1 Å². The van der Waals surface area contributed by atoms with Gasteiger partial charge in [-0.2, -0.15) is 5.26 Å². The summed E-state index contributed by atoms with van der Waals surface area (Å²) in [5, 5.41) is 27.6. The van der Waals surface area contributed by atoms with E-state index >= 15 is 0 Å². The number of carboxylic acids is 1. The molecule has 0 aliphatic heterocycles. The molecule has 5 nitrogen and oxygen atoms in total. The molecule has 0 saturated carbocycles. The third-order valence-corrected chi connectivity index (χ3v) is 2.61. The summed E-state index contributed by atoms with van der Waals surface area (Å²) in [5.41, 5.74) is 1.86. The van der Waals surface area contributed by atoms with Gasteiger partial charge in [0.05, 0.1) is 11.6 Å². The van der Waals surface area contributed by atoms with E-state index in [1.54, 1.807) is 24.4 Å². The minimum absolute atomic E-state index is 0.0198. The van der Waals surface area contributed by atoms with Crippen molar-refractivity contribution >= 4 is 16.9 Å². The lowest BCUT2D eigenvalue weighted by molar-refractivity contribution is -0.146. The van der Waals surface area contributed by atoms with Crippen molar-refractivity contribution in [2.45, 2.75) is 12.5 Å². The summed E-state index contributed by atoms with van der Waals surface area (Å²) in [5.74, 6) is -1.27. The zero-order chi connectivity index (χ0) is 12.4. The summed E-state index contributed by atoms with van der Waals surface area (Å²) in [6.45, 7) is 0. The van der Waals surface area contributed by atoms with E-state index in [4.69, 9.17) is 10.4 Å². The number of aliphatic hydroxyl groups is 1. The molecule has 0 spiro atoms. The number of fused-ring (bicyclic) bond motifs is 1. The molecule has 3 N–H and O–H groups in total. The number of H-pyrrole nitrogens is 1. The Morgan fingerprint density at radius 2 is 2.29 bits per heavy atom. The van der Waals surface area contributed by atoms with Crippen LogP contribution in [0.15, 0.2) is 24.4 Å². The van der Waals surface area contributed by atoms with Gasteiger partial charge in [-0.05, 0) is 17.7 Å². The van der Waals surface area contributed by atoms with Crippen molar-refractivity contribution in [3.8, 4) is 6.07 Å². The Labute approximate surface area is 96.9 Å². The highest BCUT2D eigenvalue weighted by molar-refractivity contribution is 5.89. The molecule has 1 heterocycles. The van der Waals surface area contributed by atoms with Gasteiger partial charge in [-0.1, -0.05) is 6.07 Å². The molecule has 5 heteroatoms. The highest BCUT2D eigenvalue weighted by Crippen LogP contribution is 2.23. The zero-order valence-electron chi connectivity index (χ0n) is 8.84. The van der Waals surface area contributed by atoms with Crippen LogP contribution < -0.4 is 0 Å². The molecule has 0 saturated heterocycles. The molecule has 1 aromatic heterocycles. The maximum Gasteiger partial charge on any atom is 0.332 e. The van der Waals surface area contributed by atoms with Gasteiger partial charge in [0.2, 0.25) is 0 Å². The third kappa shape index (κ3) is 1.98. The minimum atomic E-state index is -1.46. The second-order valence-electron chi connectivity index (χ2n) is 3.71. The topological polar surface area (TPSA) is 97.1 Å². The standard InChI is InChI=1S/C12H10N2O3/c13-5-7-2-1-3-9-11(7)8(6-14-9)4-10(15)12(16)17/h1-3,6,10,14-15H,4H2,(H,16,17)/t10-/m0/s1.